The zero-order valence-corrected chi connectivity index (χ0v) is 6.73. The molecule has 10 heavy (non-hydrogen) atoms. The zero-order chi connectivity index (χ0) is 7.40. The highest BCUT2D eigenvalue weighted by atomic mass is 32.2. The van der Waals surface area contributed by atoms with Crippen LogP contribution in [0.4, 0.5) is 0 Å². The molecule has 0 aliphatic carbocycles. The monoisotopic (exact) mass is 159 g/mol. The minimum atomic E-state index is 0.438. The molecule has 58 valence electrons. The minimum absolute atomic E-state index is 0.438. The van der Waals surface area contributed by atoms with E-state index >= 15 is 0 Å². The Morgan fingerprint density at radius 2 is 2.50 bits per heavy atom. The fourth-order valence-electron chi connectivity index (χ4n) is 0.937. The third-order valence-corrected chi connectivity index (χ3v) is 2.43. The van der Waals surface area contributed by atoms with Gasteiger partial charge in [-0.3, -0.25) is 4.99 Å². The lowest BCUT2D eigenvalue weighted by molar-refractivity contribution is 0.646. The molecule has 0 aromatic heterocycles. The van der Waals surface area contributed by atoms with E-state index < -0.39 is 0 Å². The van der Waals surface area contributed by atoms with Gasteiger partial charge in [-0.25, -0.2) is 0 Å². The number of aliphatic imine (C=N–C) groups is 1. The van der Waals surface area contributed by atoms with Gasteiger partial charge < -0.3 is 11.5 Å². The molecule has 1 heterocycles. The van der Waals surface area contributed by atoms with Crippen molar-refractivity contribution in [3.8, 4) is 0 Å². The number of hydrogen-bond donors (Lipinski definition) is 2. The Morgan fingerprint density at radius 1 is 1.70 bits per heavy atom. The average Bonchev–Trinajstić information content (AvgIpc) is 2.31. The Hall–Kier alpha value is -0.220. The summed E-state index contributed by atoms with van der Waals surface area (Å²) in [5.74, 6) is 1.05. The van der Waals surface area contributed by atoms with E-state index in [0.717, 1.165) is 30.3 Å². The van der Waals surface area contributed by atoms with Gasteiger partial charge in [-0.2, -0.15) is 0 Å². The Labute approximate surface area is 65.3 Å². The molecule has 1 unspecified atom stereocenters. The maximum Gasteiger partial charge on any atom is 0.154 e. The molecule has 0 fully saturated rings. The van der Waals surface area contributed by atoms with E-state index in [2.05, 4.69) is 4.99 Å². The topological polar surface area (TPSA) is 64.4 Å². The third kappa shape index (κ3) is 2.19. The van der Waals surface area contributed by atoms with Gasteiger partial charge in [0.15, 0.2) is 5.17 Å². The first kappa shape index (κ1) is 7.88. The van der Waals surface area contributed by atoms with Crippen molar-refractivity contribution in [2.24, 2.45) is 16.5 Å². The molecule has 0 aromatic rings. The van der Waals surface area contributed by atoms with Gasteiger partial charge in [0.2, 0.25) is 0 Å². The van der Waals surface area contributed by atoms with E-state index in [4.69, 9.17) is 11.5 Å². The van der Waals surface area contributed by atoms with Gasteiger partial charge in [0.1, 0.15) is 0 Å². The van der Waals surface area contributed by atoms with Crippen LogP contribution >= 0.6 is 11.8 Å². The van der Waals surface area contributed by atoms with Crippen molar-refractivity contribution in [3.05, 3.63) is 0 Å². The smallest absolute Gasteiger partial charge is 0.154 e. The van der Waals surface area contributed by atoms with Crippen molar-refractivity contribution in [3.63, 3.8) is 0 Å². The van der Waals surface area contributed by atoms with Crippen LogP contribution < -0.4 is 11.5 Å². The Morgan fingerprint density at radius 3 is 3.00 bits per heavy atom. The molecule has 0 spiro atoms. The van der Waals surface area contributed by atoms with Crippen LogP contribution in [0.5, 0.6) is 0 Å². The number of hydrogen-bond acceptors (Lipinski definition) is 4. The van der Waals surface area contributed by atoms with E-state index in [0.29, 0.717) is 6.04 Å². The van der Waals surface area contributed by atoms with Gasteiger partial charge in [-0.1, -0.05) is 11.8 Å². The number of rotatable bonds is 3. The van der Waals surface area contributed by atoms with Crippen LogP contribution in [0.3, 0.4) is 0 Å². The highest BCUT2D eigenvalue weighted by Crippen LogP contribution is 2.17. The molecule has 1 rings (SSSR count). The second-order valence-corrected chi connectivity index (χ2v) is 3.40. The van der Waals surface area contributed by atoms with Crippen LogP contribution in [0, 0.1) is 0 Å². The van der Waals surface area contributed by atoms with Crippen LogP contribution in [-0.4, -0.2) is 23.5 Å². The lowest BCUT2D eigenvalue weighted by Crippen LogP contribution is -2.08. The summed E-state index contributed by atoms with van der Waals surface area (Å²) >= 11 is 1.64. The van der Waals surface area contributed by atoms with Crippen LogP contribution in [0.2, 0.25) is 0 Å². The zero-order valence-electron chi connectivity index (χ0n) is 5.92. The molecule has 0 amide bonds. The molecule has 0 saturated carbocycles. The highest BCUT2D eigenvalue weighted by Gasteiger charge is 2.14. The van der Waals surface area contributed by atoms with E-state index in [1.807, 2.05) is 0 Å². The summed E-state index contributed by atoms with van der Waals surface area (Å²) in [6, 6.07) is 0.438. The van der Waals surface area contributed by atoms with Crippen LogP contribution in [0.25, 0.3) is 0 Å². The SMILES string of the molecule is NCCCC1CSC(N)=N1. The molecule has 0 aromatic carbocycles. The summed E-state index contributed by atoms with van der Waals surface area (Å²) in [5.41, 5.74) is 10.8. The quantitative estimate of drug-likeness (QED) is 0.616. The van der Waals surface area contributed by atoms with Gasteiger partial charge in [0.25, 0.3) is 0 Å². The highest BCUT2D eigenvalue weighted by molar-refractivity contribution is 8.14. The minimum Gasteiger partial charge on any atom is -0.379 e. The van der Waals surface area contributed by atoms with Gasteiger partial charge >= 0.3 is 0 Å². The normalized spacial score (nSPS) is 24.9. The van der Waals surface area contributed by atoms with E-state index in [1.165, 1.54) is 0 Å². The van der Waals surface area contributed by atoms with Gasteiger partial charge in [0, 0.05) is 5.75 Å². The van der Waals surface area contributed by atoms with Gasteiger partial charge in [-0.05, 0) is 19.4 Å². The first-order valence-corrected chi connectivity index (χ1v) is 4.47. The van der Waals surface area contributed by atoms with Crippen molar-refractivity contribution in [2.45, 2.75) is 18.9 Å². The lowest BCUT2D eigenvalue weighted by Gasteiger charge is -2.01. The summed E-state index contributed by atoms with van der Waals surface area (Å²) in [4.78, 5) is 4.23. The summed E-state index contributed by atoms with van der Waals surface area (Å²) < 4.78 is 0. The Balaban J connectivity index is 2.18. The van der Waals surface area contributed by atoms with E-state index in [1.54, 1.807) is 11.8 Å². The second kappa shape index (κ2) is 3.83. The molecule has 1 aliphatic heterocycles. The number of thioether (sulfide) groups is 1. The second-order valence-electron chi connectivity index (χ2n) is 2.36. The fraction of sp³-hybridized carbons (Fsp3) is 0.833. The first-order valence-electron chi connectivity index (χ1n) is 3.49. The summed E-state index contributed by atoms with van der Waals surface area (Å²) in [6.07, 6.45) is 2.15. The molecule has 0 saturated heterocycles. The average molecular weight is 159 g/mol. The lowest BCUT2D eigenvalue weighted by atomic mass is 10.2. The third-order valence-electron chi connectivity index (χ3n) is 1.47. The number of nitrogens with two attached hydrogens (primary N) is 2. The maximum absolute atomic E-state index is 5.48. The van der Waals surface area contributed by atoms with Crippen molar-refractivity contribution < 1.29 is 0 Å². The largest absolute Gasteiger partial charge is 0.379 e. The Bertz CT molecular complexity index is 135. The van der Waals surface area contributed by atoms with Crippen LogP contribution in [0.15, 0.2) is 4.99 Å². The Kier molecular flexibility index (Phi) is 3.02. The summed E-state index contributed by atoms with van der Waals surface area (Å²) in [6.45, 7) is 0.761. The van der Waals surface area contributed by atoms with Crippen molar-refractivity contribution in [1.29, 1.82) is 0 Å². The summed E-state index contributed by atoms with van der Waals surface area (Å²) in [7, 11) is 0. The number of amidine groups is 1. The van der Waals surface area contributed by atoms with Crippen LogP contribution in [0.1, 0.15) is 12.8 Å². The fourth-order valence-corrected chi connectivity index (χ4v) is 1.77. The van der Waals surface area contributed by atoms with Crippen molar-refractivity contribution >= 4 is 16.9 Å². The van der Waals surface area contributed by atoms with Crippen molar-refractivity contribution in [2.75, 3.05) is 12.3 Å². The summed E-state index contributed by atoms with van der Waals surface area (Å²) in [5, 5.41) is 0.738. The molecular formula is C6H13N3S. The van der Waals surface area contributed by atoms with Gasteiger partial charge in [0.05, 0.1) is 6.04 Å². The predicted molar refractivity (Wildman–Crippen MR) is 46.2 cm³/mol. The molecule has 0 bridgehead atoms. The molecule has 4 N–H and O–H groups in total. The molecule has 4 heteroatoms. The predicted octanol–water partition coefficient (Wildman–Crippen LogP) is 0.155. The van der Waals surface area contributed by atoms with Gasteiger partial charge in [-0.15, -0.1) is 0 Å². The molecule has 3 nitrogen and oxygen atoms in total. The molecule has 1 aliphatic rings. The van der Waals surface area contributed by atoms with E-state index in [-0.39, 0.29) is 0 Å². The maximum atomic E-state index is 5.48. The van der Waals surface area contributed by atoms with Crippen LogP contribution in [-0.2, 0) is 0 Å². The van der Waals surface area contributed by atoms with Crippen molar-refractivity contribution in [1.82, 2.24) is 0 Å². The molecule has 0 radical (unpaired) electrons. The molecular weight excluding hydrogens is 146 g/mol. The number of nitrogens with zero attached hydrogens (tertiary/aromatic N) is 1. The first-order chi connectivity index (χ1) is 4.83. The van der Waals surface area contributed by atoms with E-state index in [9.17, 15) is 0 Å². The molecule has 1 atom stereocenters. The standard InChI is InChI=1S/C6H13N3S/c7-3-1-2-5-4-10-6(8)9-5/h5H,1-4,7H2,(H2,8,9).